The Morgan fingerprint density at radius 3 is 2.28 bits per heavy atom. The van der Waals surface area contributed by atoms with Crippen LogP contribution in [-0.4, -0.2) is 25.0 Å². The van der Waals surface area contributed by atoms with E-state index in [0.717, 1.165) is 12.2 Å². The zero-order valence-electron chi connectivity index (χ0n) is 15.9. The third kappa shape index (κ3) is 6.10. The van der Waals surface area contributed by atoms with Gasteiger partial charge in [-0.3, -0.25) is 9.59 Å². The van der Waals surface area contributed by atoms with Crippen molar-refractivity contribution in [2.45, 2.75) is 6.42 Å². The van der Waals surface area contributed by atoms with E-state index in [9.17, 15) is 9.59 Å². The van der Waals surface area contributed by atoms with Gasteiger partial charge >= 0.3 is 0 Å². The molecule has 0 atom stereocenters. The minimum absolute atomic E-state index is 0.0135. The molecule has 3 rings (SSSR count). The number of ether oxygens (including phenoxy) is 1. The lowest BCUT2D eigenvalue weighted by molar-refractivity contribution is -0.114. The lowest BCUT2D eigenvalue weighted by atomic mass is 10.1. The van der Waals surface area contributed by atoms with Crippen molar-refractivity contribution >= 4 is 23.2 Å². The van der Waals surface area contributed by atoms with Crippen molar-refractivity contribution in [2.75, 3.05) is 23.8 Å². The highest BCUT2D eigenvalue weighted by Crippen LogP contribution is 2.17. The summed E-state index contributed by atoms with van der Waals surface area (Å²) < 4.78 is 5.74. The van der Waals surface area contributed by atoms with E-state index < -0.39 is 5.91 Å². The summed E-state index contributed by atoms with van der Waals surface area (Å²) in [6, 6.07) is 24.1. The molecule has 0 aromatic heterocycles. The van der Waals surface area contributed by atoms with Gasteiger partial charge in [0.2, 0.25) is 5.91 Å². The number of amides is 2. The number of para-hydroxylation sites is 1. The number of anilines is 2. The Labute approximate surface area is 169 Å². The van der Waals surface area contributed by atoms with E-state index in [1.807, 2.05) is 30.3 Å². The molecule has 6 heteroatoms. The summed E-state index contributed by atoms with van der Waals surface area (Å²) in [6.45, 7) is 0.596. The van der Waals surface area contributed by atoms with Crippen LogP contribution in [0.4, 0.5) is 11.4 Å². The van der Waals surface area contributed by atoms with Gasteiger partial charge in [0.25, 0.3) is 5.91 Å². The Kier molecular flexibility index (Phi) is 6.84. The van der Waals surface area contributed by atoms with Crippen molar-refractivity contribution in [3.63, 3.8) is 0 Å². The fourth-order valence-electron chi connectivity index (χ4n) is 2.80. The van der Waals surface area contributed by atoms with Gasteiger partial charge in [-0.15, -0.1) is 0 Å². The van der Waals surface area contributed by atoms with Crippen LogP contribution in [0.3, 0.4) is 0 Å². The molecule has 0 unspecified atom stereocenters. The van der Waals surface area contributed by atoms with Gasteiger partial charge in [-0.05, 0) is 42.0 Å². The average molecular weight is 389 g/mol. The molecule has 3 aromatic rings. The van der Waals surface area contributed by atoms with Crippen molar-refractivity contribution in [3.8, 4) is 5.75 Å². The number of nitrogens with two attached hydrogens (primary N) is 1. The molecule has 0 spiro atoms. The number of benzene rings is 3. The number of hydrogen-bond donors (Lipinski definition) is 3. The number of carbonyl (C=O) groups excluding carboxylic acids is 2. The topological polar surface area (TPSA) is 93.5 Å². The predicted octanol–water partition coefficient (Wildman–Crippen LogP) is 3.46. The number of hydrogen-bond acceptors (Lipinski definition) is 4. The Balaban J connectivity index is 1.45. The maximum Gasteiger partial charge on any atom is 0.250 e. The summed E-state index contributed by atoms with van der Waals surface area (Å²) in [5, 5.41) is 5.73. The Bertz CT molecular complexity index is 957. The first-order chi connectivity index (χ1) is 14.1. The molecule has 3 aromatic carbocycles. The second-order valence-corrected chi connectivity index (χ2v) is 6.42. The van der Waals surface area contributed by atoms with Gasteiger partial charge < -0.3 is 21.1 Å². The van der Waals surface area contributed by atoms with Gasteiger partial charge in [0.1, 0.15) is 5.75 Å². The molecule has 0 saturated heterocycles. The second-order valence-electron chi connectivity index (χ2n) is 6.42. The largest absolute Gasteiger partial charge is 0.493 e. The van der Waals surface area contributed by atoms with Crippen LogP contribution in [0.1, 0.15) is 15.9 Å². The van der Waals surface area contributed by atoms with E-state index in [-0.39, 0.29) is 12.5 Å². The van der Waals surface area contributed by atoms with Crippen LogP contribution >= 0.6 is 0 Å². The standard InChI is InChI=1S/C23H23N3O3/c24-23(28)20-8-4-5-9-21(20)25-16-22(27)26-18-10-12-19(13-11-18)29-15-14-17-6-2-1-3-7-17/h1-13,25H,14-16H2,(H2,24,28)(H,26,27). The monoisotopic (exact) mass is 389 g/mol. The molecular formula is C23H23N3O3. The van der Waals surface area contributed by atoms with E-state index in [1.54, 1.807) is 36.4 Å². The van der Waals surface area contributed by atoms with Crippen molar-refractivity contribution in [3.05, 3.63) is 90.0 Å². The second kappa shape index (κ2) is 9.94. The van der Waals surface area contributed by atoms with E-state index in [0.29, 0.717) is 23.5 Å². The highest BCUT2D eigenvalue weighted by molar-refractivity contribution is 6.00. The van der Waals surface area contributed by atoms with Gasteiger partial charge in [-0.1, -0.05) is 42.5 Å². The Hall–Kier alpha value is -3.80. The molecule has 0 radical (unpaired) electrons. The number of primary amides is 1. The quantitative estimate of drug-likeness (QED) is 0.522. The maximum atomic E-state index is 12.2. The van der Waals surface area contributed by atoms with Crippen LogP contribution in [0, 0.1) is 0 Å². The van der Waals surface area contributed by atoms with Crippen LogP contribution in [-0.2, 0) is 11.2 Å². The third-order valence-electron chi connectivity index (χ3n) is 4.27. The van der Waals surface area contributed by atoms with Crippen LogP contribution in [0.15, 0.2) is 78.9 Å². The summed E-state index contributed by atoms with van der Waals surface area (Å²) in [4.78, 5) is 23.6. The van der Waals surface area contributed by atoms with Gasteiger partial charge in [0, 0.05) is 17.8 Å². The summed E-state index contributed by atoms with van der Waals surface area (Å²) in [5.41, 5.74) is 8.09. The first-order valence-electron chi connectivity index (χ1n) is 9.31. The zero-order chi connectivity index (χ0) is 20.5. The Morgan fingerprint density at radius 2 is 1.55 bits per heavy atom. The predicted molar refractivity (Wildman–Crippen MR) is 114 cm³/mol. The smallest absolute Gasteiger partial charge is 0.250 e. The lowest BCUT2D eigenvalue weighted by Gasteiger charge is -2.11. The molecule has 29 heavy (non-hydrogen) atoms. The van der Waals surface area contributed by atoms with Gasteiger partial charge in [0.05, 0.1) is 18.7 Å². The van der Waals surface area contributed by atoms with Gasteiger partial charge in [-0.2, -0.15) is 0 Å². The van der Waals surface area contributed by atoms with Crippen molar-refractivity contribution in [1.29, 1.82) is 0 Å². The number of carbonyl (C=O) groups is 2. The SMILES string of the molecule is NC(=O)c1ccccc1NCC(=O)Nc1ccc(OCCc2ccccc2)cc1. The maximum absolute atomic E-state index is 12.2. The normalized spacial score (nSPS) is 10.2. The molecule has 0 aliphatic carbocycles. The van der Waals surface area contributed by atoms with Gasteiger partial charge in [-0.25, -0.2) is 0 Å². The molecule has 0 bridgehead atoms. The number of nitrogens with one attached hydrogen (secondary N) is 2. The van der Waals surface area contributed by atoms with E-state index in [1.165, 1.54) is 5.56 Å². The van der Waals surface area contributed by atoms with Crippen molar-refractivity contribution in [2.24, 2.45) is 5.73 Å². The summed E-state index contributed by atoms with van der Waals surface area (Å²) >= 11 is 0. The van der Waals surface area contributed by atoms with E-state index in [2.05, 4.69) is 22.8 Å². The molecule has 148 valence electrons. The third-order valence-corrected chi connectivity index (χ3v) is 4.27. The fraction of sp³-hybridized carbons (Fsp3) is 0.130. The minimum atomic E-state index is -0.545. The molecule has 4 N–H and O–H groups in total. The molecule has 2 amide bonds. The molecule has 0 heterocycles. The summed E-state index contributed by atoms with van der Waals surface area (Å²) in [5.74, 6) is -0.0363. The molecule has 0 aliphatic heterocycles. The lowest BCUT2D eigenvalue weighted by Crippen LogP contribution is -2.23. The van der Waals surface area contributed by atoms with E-state index >= 15 is 0 Å². The molecule has 0 aliphatic rings. The highest BCUT2D eigenvalue weighted by atomic mass is 16.5. The minimum Gasteiger partial charge on any atom is -0.493 e. The zero-order valence-corrected chi connectivity index (χ0v) is 15.9. The van der Waals surface area contributed by atoms with Crippen LogP contribution in [0.25, 0.3) is 0 Å². The summed E-state index contributed by atoms with van der Waals surface area (Å²) in [6.07, 6.45) is 0.831. The van der Waals surface area contributed by atoms with Crippen LogP contribution in [0.5, 0.6) is 5.75 Å². The Morgan fingerprint density at radius 1 is 0.862 bits per heavy atom. The van der Waals surface area contributed by atoms with Crippen LogP contribution in [0.2, 0.25) is 0 Å². The van der Waals surface area contributed by atoms with E-state index in [4.69, 9.17) is 10.5 Å². The first-order valence-corrected chi connectivity index (χ1v) is 9.31. The van der Waals surface area contributed by atoms with Crippen molar-refractivity contribution < 1.29 is 14.3 Å². The van der Waals surface area contributed by atoms with Crippen LogP contribution < -0.4 is 21.1 Å². The number of rotatable bonds is 9. The fourth-order valence-corrected chi connectivity index (χ4v) is 2.80. The molecular weight excluding hydrogens is 366 g/mol. The van der Waals surface area contributed by atoms with Gasteiger partial charge in [0.15, 0.2) is 0 Å². The molecule has 0 fully saturated rings. The summed E-state index contributed by atoms with van der Waals surface area (Å²) in [7, 11) is 0. The van der Waals surface area contributed by atoms with Crippen molar-refractivity contribution in [1.82, 2.24) is 0 Å². The first kappa shape index (κ1) is 19.9. The molecule has 6 nitrogen and oxygen atoms in total. The highest BCUT2D eigenvalue weighted by Gasteiger charge is 2.08. The molecule has 0 saturated carbocycles. The average Bonchev–Trinajstić information content (AvgIpc) is 2.74.